The summed E-state index contributed by atoms with van der Waals surface area (Å²) in [5, 5.41) is 7.64. The normalized spacial score (nSPS) is 16.7. The fourth-order valence-electron chi connectivity index (χ4n) is 2.29. The van der Waals surface area contributed by atoms with E-state index < -0.39 is 0 Å². The molecule has 0 aliphatic carbocycles. The number of halogens is 2. The molecule has 0 bridgehead atoms. The van der Waals surface area contributed by atoms with Gasteiger partial charge in [0, 0.05) is 27.8 Å². The highest BCUT2D eigenvalue weighted by molar-refractivity contribution is 7.98. The molecule has 116 valence electrons. The van der Waals surface area contributed by atoms with E-state index in [0.717, 1.165) is 17.3 Å². The predicted octanol–water partition coefficient (Wildman–Crippen LogP) is 4.76. The summed E-state index contributed by atoms with van der Waals surface area (Å²) in [7, 11) is 0. The number of benzene rings is 2. The smallest absolute Gasteiger partial charge is 0.104 e. The van der Waals surface area contributed by atoms with Gasteiger partial charge in [-0.25, -0.2) is 0 Å². The first kappa shape index (κ1) is 17.2. The maximum absolute atomic E-state index is 6.23. The minimum Gasteiger partial charge on any atom is -0.372 e. The molecule has 1 aliphatic rings. The monoisotopic (exact) mass is 352 g/mol. The van der Waals surface area contributed by atoms with Crippen LogP contribution in [0.3, 0.4) is 0 Å². The lowest BCUT2D eigenvalue weighted by molar-refractivity contribution is 0.491. The predicted molar refractivity (Wildman–Crippen MR) is 97.7 cm³/mol. The summed E-state index contributed by atoms with van der Waals surface area (Å²) < 4.78 is 0. The Morgan fingerprint density at radius 3 is 2.64 bits per heavy atom. The van der Waals surface area contributed by atoms with Crippen molar-refractivity contribution in [3.8, 4) is 0 Å². The Kier molecular flexibility index (Phi) is 6.65. The lowest BCUT2D eigenvalue weighted by Gasteiger charge is -2.24. The Morgan fingerprint density at radius 2 is 1.86 bits per heavy atom. The van der Waals surface area contributed by atoms with E-state index in [1.54, 1.807) is 0 Å². The van der Waals surface area contributed by atoms with Gasteiger partial charge in [-0.05, 0) is 23.9 Å². The topological polar surface area (TPSA) is 24.1 Å². The van der Waals surface area contributed by atoms with Crippen LogP contribution >= 0.6 is 35.8 Å². The zero-order valence-corrected chi connectivity index (χ0v) is 14.3. The summed E-state index contributed by atoms with van der Waals surface area (Å²) in [5.41, 5.74) is 2.45. The zero-order chi connectivity index (χ0) is 14.5. The molecule has 2 nitrogen and oxygen atoms in total. The summed E-state index contributed by atoms with van der Waals surface area (Å²) in [6, 6.07) is 16.5. The van der Waals surface area contributed by atoms with E-state index in [1.807, 2.05) is 36.2 Å². The van der Waals surface area contributed by atoms with Gasteiger partial charge in [0.15, 0.2) is 0 Å². The average Bonchev–Trinajstić information content (AvgIpc) is 2.55. The summed E-state index contributed by atoms with van der Waals surface area (Å²) >= 11 is 8.05. The van der Waals surface area contributed by atoms with Crippen LogP contribution in [0, 0.1) is 0 Å². The van der Waals surface area contributed by atoms with E-state index in [4.69, 9.17) is 11.6 Å². The first-order chi connectivity index (χ1) is 10.3. The number of hydrogen-bond donors (Lipinski definition) is 2. The molecule has 2 aromatic rings. The largest absolute Gasteiger partial charge is 0.372 e. The second-order valence-corrected chi connectivity index (χ2v) is 6.25. The molecular weight excluding hydrogens is 335 g/mol. The van der Waals surface area contributed by atoms with E-state index in [1.165, 1.54) is 16.0 Å². The highest BCUT2D eigenvalue weighted by Gasteiger charge is 2.15. The highest BCUT2D eigenvalue weighted by atomic mass is 35.5. The van der Waals surface area contributed by atoms with Crippen molar-refractivity contribution in [3.05, 3.63) is 77.0 Å². The zero-order valence-electron chi connectivity index (χ0n) is 12.0. The molecule has 3 rings (SSSR count). The van der Waals surface area contributed by atoms with Gasteiger partial charge >= 0.3 is 0 Å². The molecule has 0 aromatic heterocycles. The second-order valence-electron chi connectivity index (χ2n) is 4.83. The van der Waals surface area contributed by atoms with Crippen molar-refractivity contribution in [2.24, 2.45) is 0 Å². The van der Waals surface area contributed by atoms with Crippen LogP contribution < -0.4 is 10.6 Å². The van der Waals surface area contributed by atoms with Crippen LogP contribution in [0.2, 0.25) is 5.02 Å². The molecule has 0 spiro atoms. The van der Waals surface area contributed by atoms with Crippen molar-refractivity contribution in [1.82, 2.24) is 10.6 Å². The van der Waals surface area contributed by atoms with Crippen LogP contribution in [0.25, 0.3) is 0 Å². The maximum atomic E-state index is 6.23. The molecule has 0 saturated heterocycles. The number of rotatable bonds is 4. The van der Waals surface area contributed by atoms with Gasteiger partial charge < -0.3 is 5.32 Å². The Balaban J connectivity index is 0.00000176. The third kappa shape index (κ3) is 4.20. The van der Waals surface area contributed by atoms with Gasteiger partial charge in [0.25, 0.3) is 0 Å². The van der Waals surface area contributed by atoms with Gasteiger partial charge in [0.05, 0.1) is 0 Å². The third-order valence-electron chi connectivity index (χ3n) is 3.39. The second kappa shape index (κ2) is 8.49. The van der Waals surface area contributed by atoms with Gasteiger partial charge in [-0.2, -0.15) is 0 Å². The molecule has 0 radical (unpaired) electrons. The van der Waals surface area contributed by atoms with Crippen molar-refractivity contribution >= 4 is 35.8 Å². The van der Waals surface area contributed by atoms with Gasteiger partial charge in [-0.3, -0.25) is 5.32 Å². The molecule has 2 N–H and O–H groups in total. The maximum Gasteiger partial charge on any atom is 0.104 e. The SMILES string of the molecule is Cl.Clc1ccccc1CSc1ccccc1C1NC=CCN1. The van der Waals surface area contributed by atoms with Crippen molar-refractivity contribution in [1.29, 1.82) is 0 Å². The molecule has 1 unspecified atom stereocenters. The van der Waals surface area contributed by atoms with E-state index in [2.05, 4.69) is 47.0 Å². The minimum atomic E-state index is 0. The van der Waals surface area contributed by atoms with E-state index in [9.17, 15) is 0 Å². The molecule has 0 saturated carbocycles. The molecular formula is C17H18Cl2N2S. The van der Waals surface area contributed by atoms with Gasteiger partial charge in [-0.1, -0.05) is 54.1 Å². The molecule has 0 amide bonds. The number of hydrogen-bond acceptors (Lipinski definition) is 3. The van der Waals surface area contributed by atoms with Crippen molar-refractivity contribution < 1.29 is 0 Å². The van der Waals surface area contributed by atoms with Crippen LogP contribution in [0.4, 0.5) is 0 Å². The van der Waals surface area contributed by atoms with Gasteiger partial charge in [-0.15, -0.1) is 24.2 Å². The van der Waals surface area contributed by atoms with Gasteiger partial charge in [0.1, 0.15) is 6.17 Å². The molecule has 1 atom stereocenters. The Labute approximate surface area is 146 Å². The minimum absolute atomic E-state index is 0. The third-order valence-corrected chi connectivity index (χ3v) is 4.90. The Bertz CT molecular complexity index is 646. The fourth-order valence-corrected chi connectivity index (χ4v) is 3.66. The van der Waals surface area contributed by atoms with Crippen molar-refractivity contribution in [3.63, 3.8) is 0 Å². The lowest BCUT2D eigenvalue weighted by Crippen LogP contribution is -2.35. The quantitative estimate of drug-likeness (QED) is 0.775. The standard InChI is InChI=1S/C17H17ClN2S.ClH/c18-15-8-3-1-6-13(15)12-21-16-9-4-2-7-14(16)17-19-10-5-11-20-17;/h1-10,17,19-20H,11-12H2;1H. The molecule has 22 heavy (non-hydrogen) atoms. The summed E-state index contributed by atoms with van der Waals surface area (Å²) in [5.74, 6) is 0.874. The van der Waals surface area contributed by atoms with Crippen LogP contribution in [-0.4, -0.2) is 6.54 Å². The summed E-state index contributed by atoms with van der Waals surface area (Å²) in [4.78, 5) is 1.28. The summed E-state index contributed by atoms with van der Waals surface area (Å²) in [6.45, 7) is 0.890. The number of thioether (sulfide) groups is 1. The van der Waals surface area contributed by atoms with Crippen LogP contribution in [0.5, 0.6) is 0 Å². The Morgan fingerprint density at radius 1 is 1.09 bits per heavy atom. The fraction of sp³-hybridized carbons (Fsp3) is 0.176. The molecule has 1 heterocycles. The molecule has 2 aromatic carbocycles. The van der Waals surface area contributed by atoms with Crippen LogP contribution in [0.1, 0.15) is 17.3 Å². The molecule has 1 aliphatic heterocycles. The molecule has 5 heteroatoms. The lowest BCUT2D eigenvalue weighted by atomic mass is 10.1. The van der Waals surface area contributed by atoms with Crippen LogP contribution in [0.15, 0.2) is 65.7 Å². The van der Waals surface area contributed by atoms with Gasteiger partial charge in [0.2, 0.25) is 0 Å². The average molecular weight is 353 g/mol. The first-order valence-electron chi connectivity index (χ1n) is 6.94. The van der Waals surface area contributed by atoms with Crippen LogP contribution in [-0.2, 0) is 5.75 Å². The summed E-state index contributed by atoms with van der Waals surface area (Å²) in [6.07, 6.45) is 4.26. The van der Waals surface area contributed by atoms with E-state index in [0.29, 0.717) is 0 Å². The number of nitrogens with one attached hydrogen (secondary N) is 2. The van der Waals surface area contributed by atoms with E-state index >= 15 is 0 Å². The van der Waals surface area contributed by atoms with Crippen molar-refractivity contribution in [2.75, 3.05) is 6.54 Å². The Hall–Kier alpha value is -1.13. The van der Waals surface area contributed by atoms with E-state index in [-0.39, 0.29) is 18.6 Å². The van der Waals surface area contributed by atoms with Crippen molar-refractivity contribution in [2.45, 2.75) is 16.8 Å². The first-order valence-corrected chi connectivity index (χ1v) is 8.30. The highest BCUT2D eigenvalue weighted by Crippen LogP contribution is 2.31. The molecule has 0 fully saturated rings.